The fraction of sp³-hybridized carbons (Fsp3) is 0.455. The maximum absolute atomic E-state index is 14.0. The number of nitrogens with zero attached hydrogens (tertiary/aromatic N) is 2. The first-order valence-corrected chi connectivity index (χ1v) is 6.10. The molecule has 0 amide bonds. The van der Waals surface area contributed by atoms with E-state index in [1.165, 1.54) is 6.07 Å². The van der Waals surface area contributed by atoms with Gasteiger partial charge in [0.15, 0.2) is 5.82 Å². The number of piperazine rings is 1. The summed E-state index contributed by atoms with van der Waals surface area (Å²) in [6.45, 7) is 3.41. The molecule has 2 rings (SSSR count). The first-order chi connectivity index (χ1) is 8.49. The van der Waals surface area contributed by atoms with E-state index in [2.05, 4.69) is 10.3 Å². The summed E-state index contributed by atoms with van der Waals surface area (Å²) in [5.41, 5.74) is 14.9. The van der Waals surface area contributed by atoms with Crippen LogP contribution in [0.5, 0.6) is 0 Å². The topological polar surface area (TPSA) is 70.5 Å². The highest BCUT2D eigenvalue weighted by Crippen LogP contribution is 2.33. The number of hydrazine groups is 1. The Morgan fingerprint density at radius 2 is 1.83 bits per heavy atom. The van der Waals surface area contributed by atoms with Gasteiger partial charge in [0.1, 0.15) is 10.7 Å². The van der Waals surface area contributed by atoms with E-state index in [1.807, 2.05) is 12.1 Å². The molecule has 1 aliphatic heterocycles. The minimum atomic E-state index is -0.604. The molecule has 0 unspecified atom stereocenters. The van der Waals surface area contributed by atoms with Crippen molar-refractivity contribution in [2.75, 3.05) is 50.1 Å². The Bertz CT molecular complexity index is 446. The van der Waals surface area contributed by atoms with Crippen LogP contribution in [-0.4, -0.2) is 43.1 Å². The van der Waals surface area contributed by atoms with Crippen LogP contribution in [0.1, 0.15) is 0 Å². The van der Waals surface area contributed by atoms with Gasteiger partial charge in [0, 0.05) is 26.2 Å². The minimum Gasteiger partial charge on any atom is -0.397 e. The van der Waals surface area contributed by atoms with E-state index >= 15 is 0 Å². The zero-order valence-corrected chi connectivity index (χ0v) is 11.0. The lowest BCUT2D eigenvalue weighted by molar-refractivity contribution is 0.178. The van der Waals surface area contributed by atoms with Crippen LogP contribution in [0.15, 0.2) is 6.07 Å². The van der Waals surface area contributed by atoms with Crippen molar-refractivity contribution in [3.8, 4) is 0 Å². The fourth-order valence-electron chi connectivity index (χ4n) is 1.86. The molecule has 0 spiro atoms. The second-order valence-electron chi connectivity index (χ2n) is 4.46. The zero-order valence-electron chi connectivity index (χ0n) is 10.2. The van der Waals surface area contributed by atoms with Gasteiger partial charge < -0.3 is 21.8 Å². The van der Waals surface area contributed by atoms with Crippen molar-refractivity contribution in [2.24, 2.45) is 0 Å². The Kier molecular flexibility index (Phi) is 3.79. The van der Waals surface area contributed by atoms with Crippen molar-refractivity contribution >= 4 is 28.7 Å². The van der Waals surface area contributed by atoms with Crippen molar-refractivity contribution in [1.82, 2.24) is 9.91 Å². The fourth-order valence-corrected chi connectivity index (χ4v) is 2.01. The summed E-state index contributed by atoms with van der Waals surface area (Å²) >= 11 is 5.77. The van der Waals surface area contributed by atoms with Crippen LogP contribution < -0.4 is 16.9 Å². The number of nitrogens with two attached hydrogens (primary N) is 2. The van der Waals surface area contributed by atoms with Gasteiger partial charge in [0.05, 0.1) is 11.4 Å². The molecule has 0 bridgehead atoms. The van der Waals surface area contributed by atoms with Crippen molar-refractivity contribution in [2.45, 2.75) is 0 Å². The Morgan fingerprint density at radius 1 is 1.22 bits per heavy atom. The van der Waals surface area contributed by atoms with Gasteiger partial charge in [-0.05, 0) is 13.1 Å². The van der Waals surface area contributed by atoms with Crippen LogP contribution in [0.4, 0.5) is 21.5 Å². The summed E-state index contributed by atoms with van der Waals surface area (Å²) in [6, 6.07) is 1.46. The number of nitrogen functional groups attached to an aromatic ring is 2. The van der Waals surface area contributed by atoms with E-state index in [9.17, 15) is 4.39 Å². The first-order valence-electron chi connectivity index (χ1n) is 5.72. The summed E-state index contributed by atoms with van der Waals surface area (Å²) in [7, 11) is 2.05. The number of anilines is 3. The summed E-state index contributed by atoms with van der Waals surface area (Å²) < 4.78 is 14.0. The Labute approximate surface area is 110 Å². The molecule has 1 fully saturated rings. The maximum atomic E-state index is 14.0. The summed E-state index contributed by atoms with van der Waals surface area (Å²) in [6.07, 6.45) is 0. The van der Waals surface area contributed by atoms with E-state index in [4.69, 9.17) is 23.1 Å². The lowest BCUT2D eigenvalue weighted by Crippen LogP contribution is -2.47. The molecule has 1 heterocycles. The Hall–Kier alpha value is -1.24. The molecule has 0 saturated carbocycles. The van der Waals surface area contributed by atoms with Crippen molar-refractivity contribution in [3.05, 3.63) is 16.9 Å². The van der Waals surface area contributed by atoms with Crippen LogP contribution in [-0.2, 0) is 0 Å². The molecule has 0 atom stereocenters. The molecule has 5 N–H and O–H groups in total. The normalized spacial score (nSPS) is 17.9. The van der Waals surface area contributed by atoms with Gasteiger partial charge in [-0.25, -0.2) is 9.40 Å². The molecule has 18 heavy (non-hydrogen) atoms. The van der Waals surface area contributed by atoms with Crippen LogP contribution in [0, 0.1) is 5.82 Å². The third-order valence-corrected chi connectivity index (χ3v) is 3.42. The highest BCUT2D eigenvalue weighted by atomic mass is 35.5. The molecule has 5 nitrogen and oxygen atoms in total. The number of rotatable bonds is 2. The van der Waals surface area contributed by atoms with Crippen molar-refractivity contribution in [1.29, 1.82) is 0 Å². The average molecular weight is 274 g/mol. The van der Waals surface area contributed by atoms with Gasteiger partial charge in [0.2, 0.25) is 0 Å². The zero-order chi connectivity index (χ0) is 13.3. The highest BCUT2D eigenvalue weighted by Gasteiger charge is 2.19. The standard InChI is InChI=1S/C11H17ClFN5/c1-17-2-4-18(5-3-17)16-11-8(15)6-7(14)9(12)10(11)13/h6,16H,2-5,14-15H2,1H3. The Morgan fingerprint density at radius 3 is 2.44 bits per heavy atom. The second-order valence-corrected chi connectivity index (χ2v) is 4.84. The molecule has 1 saturated heterocycles. The quantitative estimate of drug-likeness (QED) is 0.707. The second kappa shape index (κ2) is 5.17. The van der Waals surface area contributed by atoms with E-state index in [0.717, 1.165) is 26.2 Å². The van der Waals surface area contributed by atoms with E-state index in [1.54, 1.807) is 0 Å². The van der Waals surface area contributed by atoms with Crippen molar-refractivity contribution < 1.29 is 4.39 Å². The van der Waals surface area contributed by atoms with Crippen molar-refractivity contribution in [3.63, 3.8) is 0 Å². The predicted molar refractivity (Wildman–Crippen MR) is 72.9 cm³/mol. The van der Waals surface area contributed by atoms with Gasteiger partial charge >= 0.3 is 0 Å². The van der Waals surface area contributed by atoms with Gasteiger partial charge in [-0.15, -0.1) is 0 Å². The lowest BCUT2D eigenvalue weighted by atomic mass is 10.2. The molecule has 0 aliphatic carbocycles. The Balaban J connectivity index is 2.16. The molecular weight excluding hydrogens is 257 g/mol. The minimum absolute atomic E-state index is 0.0965. The molecule has 100 valence electrons. The number of nitrogens with one attached hydrogen (secondary N) is 1. The number of benzene rings is 1. The van der Waals surface area contributed by atoms with Crippen LogP contribution >= 0.6 is 11.6 Å². The summed E-state index contributed by atoms with van der Waals surface area (Å²) in [4.78, 5) is 2.20. The number of likely N-dealkylation sites (N-methyl/N-ethyl adjacent to an activating group) is 1. The molecule has 0 aromatic heterocycles. The molecule has 1 aromatic rings. The smallest absolute Gasteiger partial charge is 0.170 e. The third-order valence-electron chi connectivity index (χ3n) is 3.04. The van der Waals surface area contributed by atoms with Gasteiger partial charge in [0.25, 0.3) is 0 Å². The van der Waals surface area contributed by atoms with Crippen LogP contribution in [0.3, 0.4) is 0 Å². The number of hydrogen-bond donors (Lipinski definition) is 3. The number of hydrogen-bond acceptors (Lipinski definition) is 5. The monoisotopic (exact) mass is 273 g/mol. The van der Waals surface area contributed by atoms with E-state index in [0.29, 0.717) is 0 Å². The number of halogens is 2. The SMILES string of the molecule is CN1CCN(Nc2c(N)cc(N)c(Cl)c2F)CC1. The van der Waals surface area contributed by atoms with Crippen LogP contribution in [0.25, 0.3) is 0 Å². The predicted octanol–water partition coefficient (Wildman–Crippen LogP) is 1.22. The highest BCUT2D eigenvalue weighted by molar-refractivity contribution is 6.33. The molecule has 1 aromatic carbocycles. The van der Waals surface area contributed by atoms with Gasteiger partial charge in [-0.1, -0.05) is 11.6 Å². The summed E-state index contributed by atoms with van der Waals surface area (Å²) in [5.74, 6) is -0.604. The molecule has 7 heteroatoms. The van der Waals surface area contributed by atoms with Gasteiger partial charge in [-0.2, -0.15) is 0 Å². The third kappa shape index (κ3) is 2.60. The lowest BCUT2D eigenvalue weighted by Gasteiger charge is -2.33. The first kappa shape index (κ1) is 13.2. The average Bonchev–Trinajstić information content (AvgIpc) is 2.34. The van der Waals surface area contributed by atoms with Gasteiger partial charge in [-0.3, -0.25) is 0 Å². The van der Waals surface area contributed by atoms with E-state index < -0.39 is 5.82 Å². The molecule has 1 aliphatic rings. The maximum Gasteiger partial charge on any atom is 0.170 e. The van der Waals surface area contributed by atoms with E-state index in [-0.39, 0.29) is 22.1 Å². The summed E-state index contributed by atoms with van der Waals surface area (Å²) in [5, 5.41) is 1.82. The largest absolute Gasteiger partial charge is 0.397 e. The molecule has 0 radical (unpaired) electrons. The molecular formula is C11H17ClFN5. The van der Waals surface area contributed by atoms with Crippen LogP contribution in [0.2, 0.25) is 5.02 Å².